The van der Waals surface area contributed by atoms with E-state index in [1.165, 1.54) is 109 Å². The normalized spacial score (nSPS) is 12.1. The van der Waals surface area contributed by atoms with E-state index in [0.29, 0.717) is 0 Å². The van der Waals surface area contributed by atoms with Gasteiger partial charge in [0.1, 0.15) is 11.2 Å². The molecule has 0 saturated carbocycles. The Kier molecular flexibility index (Phi) is 7.17. The molecule has 0 N–H and O–H groups in total. The van der Waals surface area contributed by atoms with Crippen molar-refractivity contribution in [3.8, 4) is 44.5 Å². The summed E-state index contributed by atoms with van der Waals surface area (Å²) in [6.07, 6.45) is 0. The molecule has 0 spiro atoms. The second-order valence-corrected chi connectivity index (χ2v) is 17.0. The maximum atomic E-state index is 7.43. The predicted octanol–water partition coefficient (Wildman–Crippen LogP) is 17.8. The molecule has 0 aliphatic heterocycles. The van der Waals surface area contributed by atoms with Gasteiger partial charge in [-0.2, -0.15) is 0 Å². The molecule has 0 amide bonds. The Morgan fingerprint density at radius 2 is 0.714 bits per heavy atom. The van der Waals surface area contributed by atoms with Crippen molar-refractivity contribution in [2.24, 2.45) is 0 Å². The van der Waals surface area contributed by atoms with E-state index < -0.39 is 0 Å². The van der Waals surface area contributed by atoms with Gasteiger partial charge >= 0.3 is 0 Å². The second kappa shape index (κ2) is 13.1. The van der Waals surface area contributed by atoms with Crippen molar-refractivity contribution in [3.63, 3.8) is 0 Å². The zero-order chi connectivity index (χ0) is 41.2. The molecule has 1 heteroatoms. The lowest BCUT2D eigenvalue weighted by Gasteiger charge is -2.18. The summed E-state index contributed by atoms with van der Waals surface area (Å²) in [6.45, 7) is 0. The van der Waals surface area contributed by atoms with Gasteiger partial charge in [0.25, 0.3) is 0 Å². The quantitative estimate of drug-likeness (QED) is 0.162. The highest BCUT2D eigenvalue weighted by Gasteiger charge is 2.23. The molecule has 63 heavy (non-hydrogen) atoms. The molecule has 0 fully saturated rings. The molecule has 14 aromatic rings. The highest BCUT2D eigenvalue weighted by atomic mass is 16.3. The standard InChI is InChI=1S/C62H36O/c1-3-12-37(13-4-1)43-20-11-21-53-47(43)32-35-55-60-52(48-29-25-41-26-30-50-44(38-14-5-2-6-15-38)28-24-40-27-31-51(48)59(41)58(40)50)33-34-54(62(60)63-61(53)55)56-36-42-23-22-39-16-7-8-17-45(39)57(42)49-19-10-9-18-46(49)56/h1-36H. The van der Waals surface area contributed by atoms with Gasteiger partial charge < -0.3 is 4.42 Å². The van der Waals surface area contributed by atoms with E-state index in [1.54, 1.807) is 0 Å². The maximum Gasteiger partial charge on any atom is 0.143 e. The van der Waals surface area contributed by atoms with Crippen LogP contribution < -0.4 is 0 Å². The van der Waals surface area contributed by atoms with Gasteiger partial charge in [-0.05, 0) is 127 Å². The summed E-state index contributed by atoms with van der Waals surface area (Å²) in [6, 6.07) is 80.4. The van der Waals surface area contributed by atoms with Crippen LogP contribution in [0.2, 0.25) is 0 Å². The fourth-order valence-corrected chi connectivity index (χ4v) is 11.0. The molecule has 0 unspecified atom stereocenters. The summed E-state index contributed by atoms with van der Waals surface area (Å²) in [4.78, 5) is 0. The van der Waals surface area contributed by atoms with Gasteiger partial charge in [-0.25, -0.2) is 0 Å². The Balaban J connectivity index is 1.10. The number of rotatable bonds is 4. The van der Waals surface area contributed by atoms with Crippen LogP contribution in [-0.2, 0) is 0 Å². The number of benzene rings is 13. The summed E-state index contributed by atoms with van der Waals surface area (Å²) in [7, 11) is 0. The van der Waals surface area contributed by atoms with Crippen molar-refractivity contribution in [2.75, 3.05) is 0 Å². The van der Waals surface area contributed by atoms with E-state index in [-0.39, 0.29) is 0 Å². The van der Waals surface area contributed by atoms with Crippen molar-refractivity contribution in [1.29, 1.82) is 0 Å². The molecule has 1 heterocycles. The molecular weight excluding hydrogens is 761 g/mol. The number of hydrogen-bond donors (Lipinski definition) is 0. The minimum atomic E-state index is 0.905. The van der Waals surface area contributed by atoms with E-state index in [2.05, 4.69) is 218 Å². The fraction of sp³-hybridized carbons (Fsp3) is 0. The van der Waals surface area contributed by atoms with Gasteiger partial charge in [0.05, 0.1) is 0 Å². The van der Waals surface area contributed by atoms with Crippen molar-refractivity contribution in [1.82, 2.24) is 0 Å². The molecule has 14 rings (SSSR count). The SMILES string of the molecule is c1ccc(-c2cccc3c2ccc2c3oc3c(-c4cc5ccc6ccccc6c5c5ccccc45)ccc(-c4ccc5ccc6c(-c7ccccc7)ccc7ccc4c5c76)c32)cc1. The van der Waals surface area contributed by atoms with Crippen molar-refractivity contribution >= 4 is 97.3 Å². The van der Waals surface area contributed by atoms with E-state index in [1.807, 2.05) is 0 Å². The predicted molar refractivity (Wildman–Crippen MR) is 269 cm³/mol. The lowest BCUT2D eigenvalue weighted by molar-refractivity contribution is 0.674. The van der Waals surface area contributed by atoms with E-state index in [4.69, 9.17) is 4.42 Å². The largest absolute Gasteiger partial charge is 0.455 e. The lowest BCUT2D eigenvalue weighted by Crippen LogP contribution is -1.91. The minimum Gasteiger partial charge on any atom is -0.455 e. The lowest BCUT2D eigenvalue weighted by atomic mass is 9.85. The van der Waals surface area contributed by atoms with Crippen LogP contribution in [0.1, 0.15) is 0 Å². The van der Waals surface area contributed by atoms with Crippen LogP contribution in [-0.4, -0.2) is 0 Å². The molecule has 1 nitrogen and oxygen atoms in total. The van der Waals surface area contributed by atoms with Gasteiger partial charge in [-0.1, -0.05) is 200 Å². The van der Waals surface area contributed by atoms with Gasteiger partial charge in [0.2, 0.25) is 0 Å². The first kappa shape index (κ1) is 34.5. The Morgan fingerprint density at radius 1 is 0.206 bits per heavy atom. The zero-order valence-corrected chi connectivity index (χ0v) is 34.2. The second-order valence-electron chi connectivity index (χ2n) is 17.0. The van der Waals surface area contributed by atoms with Crippen molar-refractivity contribution in [3.05, 3.63) is 218 Å². The first-order valence-corrected chi connectivity index (χ1v) is 21.8. The molecule has 0 aliphatic carbocycles. The molecular formula is C62H36O. The Labute approximate surface area is 363 Å². The number of fused-ring (bicyclic) bond motifs is 10. The highest BCUT2D eigenvalue weighted by molar-refractivity contribution is 6.31. The third-order valence-corrected chi connectivity index (χ3v) is 13.8. The van der Waals surface area contributed by atoms with Gasteiger partial charge in [-0.3, -0.25) is 0 Å². The van der Waals surface area contributed by atoms with Crippen LogP contribution in [0.3, 0.4) is 0 Å². The van der Waals surface area contributed by atoms with Crippen LogP contribution in [0.4, 0.5) is 0 Å². The summed E-state index contributed by atoms with van der Waals surface area (Å²) in [5.74, 6) is 0. The molecule has 0 radical (unpaired) electrons. The smallest absolute Gasteiger partial charge is 0.143 e. The Morgan fingerprint density at radius 3 is 1.48 bits per heavy atom. The first-order chi connectivity index (χ1) is 31.3. The monoisotopic (exact) mass is 796 g/mol. The average molecular weight is 797 g/mol. The van der Waals surface area contributed by atoms with Gasteiger partial charge in [0.15, 0.2) is 0 Å². The molecule has 0 bridgehead atoms. The summed E-state index contributed by atoms with van der Waals surface area (Å²) in [5.41, 5.74) is 11.3. The average Bonchev–Trinajstić information content (AvgIpc) is 3.76. The zero-order valence-electron chi connectivity index (χ0n) is 34.2. The summed E-state index contributed by atoms with van der Waals surface area (Å²) >= 11 is 0. The molecule has 0 saturated heterocycles. The fourth-order valence-electron chi connectivity index (χ4n) is 11.0. The van der Waals surface area contributed by atoms with Crippen LogP contribution >= 0.6 is 0 Å². The maximum absolute atomic E-state index is 7.43. The van der Waals surface area contributed by atoms with Crippen LogP contribution in [0, 0.1) is 0 Å². The van der Waals surface area contributed by atoms with Gasteiger partial charge in [-0.15, -0.1) is 0 Å². The highest BCUT2D eigenvalue weighted by Crippen LogP contribution is 2.50. The molecule has 0 atom stereocenters. The van der Waals surface area contributed by atoms with Crippen LogP contribution in [0.15, 0.2) is 223 Å². The molecule has 290 valence electrons. The van der Waals surface area contributed by atoms with Gasteiger partial charge in [0, 0.05) is 21.7 Å². The molecule has 1 aromatic heterocycles. The summed E-state index contributed by atoms with van der Waals surface area (Å²) < 4.78 is 7.43. The first-order valence-electron chi connectivity index (χ1n) is 21.8. The van der Waals surface area contributed by atoms with E-state index in [0.717, 1.165) is 32.9 Å². The topological polar surface area (TPSA) is 13.1 Å². The van der Waals surface area contributed by atoms with Crippen LogP contribution in [0.25, 0.3) is 142 Å². The Bertz CT molecular complexity index is 4180. The van der Waals surface area contributed by atoms with Crippen molar-refractivity contribution < 1.29 is 4.42 Å². The molecule has 13 aromatic carbocycles. The van der Waals surface area contributed by atoms with Crippen molar-refractivity contribution in [2.45, 2.75) is 0 Å². The third kappa shape index (κ3) is 4.93. The van der Waals surface area contributed by atoms with E-state index >= 15 is 0 Å². The minimum absolute atomic E-state index is 0.905. The van der Waals surface area contributed by atoms with Crippen LogP contribution in [0.5, 0.6) is 0 Å². The number of furan rings is 1. The van der Waals surface area contributed by atoms with E-state index in [9.17, 15) is 0 Å². The third-order valence-electron chi connectivity index (χ3n) is 13.8. The number of hydrogen-bond acceptors (Lipinski definition) is 1. The Hall–Kier alpha value is -8.26. The summed E-state index contributed by atoms with van der Waals surface area (Å²) in [5, 5.41) is 19.7. The molecule has 0 aliphatic rings.